The summed E-state index contributed by atoms with van der Waals surface area (Å²) < 4.78 is 16.4. The normalized spacial score (nSPS) is 18.4. The zero-order chi connectivity index (χ0) is 10.2. The molecule has 0 aromatic rings. The summed E-state index contributed by atoms with van der Waals surface area (Å²) >= 11 is 0. The summed E-state index contributed by atoms with van der Waals surface area (Å²) in [5.74, 6) is 0. The molecule has 0 N–H and O–H groups in total. The highest BCUT2D eigenvalue weighted by Crippen LogP contribution is 2.21. The summed E-state index contributed by atoms with van der Waals surface area (Å²) in [7, 11) is -0.451. The summed E-state index contributed by atoms with van der Waals surface area (Å²) in [4.78, 5) is 0. The molecule has 0 saturated heterocycles. The van der Waals surface area contributed by atoms with E-state index in [2.05, 4.69) is 0 Å². The van der Waals surface area contributed by atoms with Crippen LogP contribution in [-0.2, 0) is 14.0 Å². The maximum Gasteiger partial charge on any atom is 0.639 e. The quantitative estimate of drug-likeness (QED) is 0.616. The van der Waals surface area contributed by atoms with Crippen molar-refractivity contribution in [2.75, 3.05) is 13.2 Å². The number of rotatable bonds is 6. The lowest BCUT2D eigenvalue weighted by Gasteiger charge is -2.24. The lowest BCUT2D eigenvalue weighted by Crippen LogP contribution is -2.33. The molecule has 0 aromatic carbocycles. The van der Waals surface area contributed by atoms with Crippen molar-refractivity contribution in [1.29, 1.82) is 0 Å². The lowest BCUT2D eigenvalue weighted by atomic mass is 9.96. The first kappa shape index (κ1) is 12.0. The van der Waals surface area contributed by atoms with E-state index in [9.17, 15) is 0 Å². The van der Waals surface area contributed by atoms with E-state index in [-0.39, 0.29) is 0 Å². The fraction of sp³-hybridized carbons (Fsp3) is 1.00. The first-order valence-electron chi connectivity index (χ1n) is 5.75. The zero-order valence-corrected chi connectivity index (χ0v) is 9.33. The van der Waals surface area contributed by atoms with Gasteiger partial charge in [-0.05, 0) is 26.7 Å². The molecule has 0 aliphatic heterocycles. The molecule has 0 spiro atoms. The second-order valence-electron chi connectivity index (χ2n) is 3.60. The molecule has 0 aromatic heterocycles. The van der Waals surface area contributed by atoms with Crippen LogP contribution in [0.25, 0.3) is 0 Å². The number of hydrogen-bond acceptors (Lipinski definition) is 3. The van der Waals surface area contributed by atoms with Crippen LogP contribution in [0.3, 0.4) is 0 Å². The first-order chi connectivity index (χ1) is 6.86. The molecule has 3 nitrogen and oxygen atoms in total. The van der Waals surface area contributed by atoms with Crippen molar-refractivity contribution >= 4 is 7.32 Å². The van der Waals surface area contributed by atoms with Gasteiger partial charge >= 0.3 is 7.32 Å². The van der Waals surface area contributed by atoms with E-state index in [1.54, 1.807) is 0 Å². The van der Waals surface area contributed by atoms with Crippen LogP contribution >= 0.6 is 0 Å². The van der Waals surface area contributed by atoms with Gasteiger partial charge in [0, 0.05) is 19.3 Å². The Kier molecular flexibility index (Phi) is 6.24. The number of hydrogen-bond donors (Lipinski definition) is 0. The van der Waals surface area contributed by atoms with E-state index in [1.165, 1.54) is 19.3 Å². The molecule has 1 rings (SSSR count). The molecule has 0 heterocycles. The fourth-order valence-corrected chi connectivity index (χ4v) is 1.76. The molecule has 82 valence electrons. The largest absolute Gasteiger partial charge is 0.639 e. The third-order valence-corrected chi connectivity index (χ3v) is 2.46. The highest BCUT2D eigenvalue weighted by atomic mass is 16.7. The Morgan fingerprint density at radius 1 is 1.00 bits per heavy atom. The maximum absolute atomic E-state index is 5.73. The molecule has 1 aliphatic carbocycles. The second-order valence-corrected chi connectivity index (χ2v) is 3.60. The molecular weight excluding hydrogens is 179 g/mol. The first-order valence-corrected chi connectivity index (χ1v) is 5.75. The van der Waals surface area contributed by atoms with E-state index < -0.39 is 7.32 Å². The lowest BCUT2D eigenvalue weighted by molar-refractivity contribution is 0.0468. The summed E-state index contributed by atoms with van der Waals surface area (Å²) in [5, 5.41) is 0. The molecule has 0 atom stereocenters. The predicted octanol–water partition coefficient (Wildman–Crippen LogP) is 2.39. The van der Waals surface area contributed by atoms with Crippen molar-refractivity contribution in [3.05, 3.63) is 0 Å². The van der Waals surface area contributed by atoms with E-state index >= 15 is 0 Å². The summed E-state index contributed by atoms with van der Waals surface area (Å²) in [5.41, 5.74) is 0. The highest BCUT2D eigenvalue weighted by molar-refractivity contribution is 6.36. The molecular formula is C10H21BO3. The van der Waals surface area contributed by atoms with Crippen LogP contribution < -0.4 is 0 Å². The van der Waals surface area contributed by atoms with Gasteiger partial charge in [-0.3, -0.25) is 0 Å². The monoisotopic (exact) mass is 200 g/mol. The molecule has 1 saturated carbocycles. The Labute approximate surface area is 87.3 Å². The fourth-order valence-electron chi connectivity index (χ4n) is 1.76. The van der Waals surface area contributed by atoms with Gasteiger partial charge in [0.2, 0.25) is 0 Å². The molecule has 1 fully saturated rings. The van der Waals surface area contributed by atoms with Crippen molar-refractivity contribution in [1.82, 2.24) is 0 Å². The molecule has 14 heavy (non-hydrogen) atoms. The van der Waals surface area contributed by atoms with Crippen LogP contribution in [-0.4, -0.2) is 26.6 Å². The van der Waals surface area contributed by atoms with E-state index in [1.807, 2.05) is 13.8 Å². The van der Waals surface area contributed by atoms with Crippen LogP contribution in [0.5, 0.6) is 0 Å². The van der Waals surface area contributed by atoms with E-state index in [0.717, 1.165) is 12.8 Å². The van der Waals surface area contributed by atoms with Crippen molar-refractivity contribution < 1.29 is 14.0 Å². The van der Waals surface area contributed by atoms with Gasteiger partial charge in [-0.2, -0.15) is 0 Å². The van der Waals surface area contributed by atoms with Gasteiger partial charge < -0.3 is 14.0 Å². The Morgan fingerprint density at radius 2 is 1.57 bits per heavy atom. The van der Waals surface area contributed by atoms with Gasteiger partial charge in [0.25, 0.3) is 0 Å². The van der Waals surface area contributed by atoms with Crippen LogP contribution in [0, 0.1) is 0 Å². The maximum atomic E-state index is 5.73. The van der Waals surface area contributed by atoms with Gasteiger partial charge in [0.15, 0.2) is 0 Å². The minimum atomic E-state index is -0.451. The predicted molar refractivity (Wildman–Crippen MR) is 57.0 cm³/mol. The van der Waals surface area contributed by atoms with Crippen LogP contribution in [0.1, 0.15) is 46.0 Å². The van der Waals surface area contributed by atoms with Crippen molar-refractivity contribution in [3.63, 3.8) is 0 Å². The van der Waals surface area contributed by atoms with Gasteiger partial charge in [-0.25, -0.2) is 0 Å². The minimum absolute atomic E-state index is 0.340. The SMILES string of the molecule is CCOB(OCC)OC1CCCCC1. The average molecular weight is 200 g/mol. The van der Waals surface area contributed by atoms with Gasteiger partial charge in [0.05, 0.1) is 0 Å². The standard InChI is InChI=1S/C10H21BO3/c1-3-12-11(13-4-2)14-10-8-6-5-7-9-10/h10H,3-9H2,1-2H3. The highest BCUT2D eigenvalue weighted by Gasteiger charge is 2.25. The van der Waals surface area contributed by atoms with Gasteiger partial charge in [0.1, 0.15) is 0 Å². The molecule has 0 radical (unpaired) electrons. The van der Waals surface area contributed by atoms with E-state index in [4.69, 9.17) is 14.0 Å². The molecule has 1 aliphatic rings. The van der Waals surface area contributed by atoms with Crippen molar-refractivity contribution in [2.45, 2.75) is 52.1 Å². The van der Waals surface area contributed by atoms with Crippen LogP contribution in [0.2, 0.25) is 0 Å². The van der Waals surface area contributed by atoms with E-state index in [0.29, 0.717) is 19.3 Å². The molecule has 0 unspecified atom stereocenters. The summed E-state index contributed by atoms with van der Waals surface area (Å²) in [6.07, 6.45) is 6.53. The van der Waals surface area contributed by atoms with Gasteiger partial charge in [-0.15, -0.1) is 0 Å². The van der Waals surface area contributed by atoms with Crippen LogP contribution in [0.15, 0.2) is 0 Å². The van der Waals surface area contributed by atoms with Crippen molar-refractivity contribution in [3.8, 4) is 0 Å². The topological polar surface area (TPSA) is 27.7 Å². The Balaban J connectivity index is 2.21. The van der Waals surface area contributed by atoms with Crippen molar-refractivity contribution in [2.24, 2.45) is 0 Å². The minimum Gasteiger partial charge on any atom is -0.386 e. The van der Waals surface area contributed by atoms with Crippen LogP contribution in [0.4, 0.5) is 0 Å². The average Bonchev–Trinajstić information content (AvgIpc) is 2.20. The third-order valence-electron chi connectivity index (χ3n) is 2.46. The Bertz CT molecular complexity index is 131. The third kappa shape index (κ3) is 4.44. The Hall–Kier alpha value is -0.0551. The summed E-state index contributed by atoms with van der Waals surface area (Å²) in [6.45, 7) is 5.18. The van der Waals surface area contributed by atoms with Gasteiger partial charge in [-0.1, -0.05) is 19.3 Å². The second kappa shape index (κ2) is 7.26. The molecule has 0 amide bonds. The Morgan fingerprint density at radius 3 is 2.07 bits per heavy atom. The smallest absolute Gasteiger partial charge is 0.386 e. The molecule has 0 bridgehead atoms. The zero-order valence-electron chi connectivity index (χ0n) is 9.33. The molecule has 4 heteroatoms. The summed E-state index contributed by atoms with van der Waals surface area (Å²) in [6, 6.07) is 0.